The summed E-state index contributed by atoms with van der Waals surface area (Å²) in [6, 6.07) is 10.2. The summed E-state index contributed by atoms with van der Waals surface area (Å²) in [5, 5.41) is 0. The highest BCUT2D eigenvalue weighted by Crippen LogP contribution is 2.40. The number of unbranched alkanes of at least 4 members (excludes halogenated alkanes) is 2. The van der Waals surface area contributed by atoms with E-state index in [0.717, 1.165) is 49.3 Å². The monoisotopic (exact) mass is 680 g/mol. The maximum absolute atomic E-state index is 15.0. The lowest BCUT2D eigenvalue weighted by Gasteiger charge is -2.29. The second kappa shape index (κ2) is 15.0. The van der Waals surface area contributed by atoms with E-state index < -0.39 is 70.5 Å². The van der Waals surface area contributed by atoms with Crippen LogP contribution in [-0.2, 0) is 12.7 Å². The fourth-order valence-corrected chi connectivity index (χ4v) is 6.21. The lowest BCUT2D eigenvalue weighted by Crippen LogP contribution is -2.25. The summed E-state index contributed by atoms with van der Waals surface area (Å²) in [6.45, 7) is 1.37. The molecule has 0 spiro atoms. The molecule has 2 nitrogen and oxygen atoms in total. The van der Waals surface area contributed by atoms with Crippen molar-refractivity contribution in [2.75, 3.05) is 0 Å². The van der Waals surface area contributed by atoms with Crippen LogP contribution in [0.4, 0.5) is 39.5 Å². The van der Waals surface area contributed by atoms with Gasteiger partial charge in [-0.25, -0.2) is 30.7 Å². The minimum atomic E-state index is -4.70. The molecule has 4 aromatic rings. The molecule has 256 valence electrons. The molecule has 0 unspecified atom stereocenters. The summed E-state index contributed by atoms with van der Waals surface area (Å²) < 4.78 is 138. The van der Waals surface area contributed by atoms with Crippen molar-refractivity contribution < 1.29 is 49.0 Å². The second-order valence-corrected chi connectivity index (χ2v) is 12.1. The standard InChI is InChI=1S/C37H33F9O2/c1-2-3-4-5-21-6-8-23(9-7-21)24-10-12-25(13-11-24)26-16-28(38)34(29(39)17-26)37(45,46)48-27-18-32(42)36(33(43)19-27)47-20-22-14-30(40)35(44)31(41)15-22/h10-19,21,23H,2-9,20H2,1H3. The zero-order chi connectivity index (χ0) is 34.6. The van der Waals surface area contributed by atoms with E-state index in [-0.39, 0.29) is 23.3 Å². The highest BCUT2D eigenvalue weighted by atomic mass is 19.3. The topological polar surface area (TPSA) is 18.5 Å². The molecule has 1 aliphatic carbocycles. The third kappa shape index (κ3) is 8.10. The largest absolute Gasteiger partial charge is 0.483 e. The third-order valence-electron chi connectivity index (χ3n) is 8.76. The van der Waals surface area contributed by atoms with E-state index in [1.807, 2.05) is 12.1 Å². The van der Waals surface area contributed by atoms with E-state index in [2.05, 4.69) is 11.7 Å². The normalized spacial score (nSPS) is 16.6. The summed E-state index contributed by atoms with van der Waals surface area (Å²) in [4.78, 5) is 0. The maximum atomic E-state index is 15.0. The van der Waals surface area contributed by atoms with Gasteiger partial charge < -0.3 is 9.47 Å². The first-order valence-electron chi connectivity index (χ1n) is 15.8. The van der Waals surface area contributed by atoms with Crippen LogP contribution < -0.4 is 9.47 Å². The number of hydrogen-bond donors (Lipinski definition) is 0. The Kier molecular flexibility index (Phi) is 11.0. The molecular formula is C37H33F9O2. The van der Waals surface area contributed by atoms with Crippen LogP contribution in [0.5, 0.6) is 11.5 Å². The van der Waals surface area contributed by atoms with Gasteiger partial charge in [0.05, 0.1) is 0 Å². The van der Waals surface area contributed by atoms with Crippen LogP contribution in [0.2, 0.25) is 0 Å². The van der Waals surface area contributed by atoms with Crippen molar-refractivity contribution in [1.82, 2.24) is 0 Å². The number of hydrogen-bond acceptors (Lipinski definition) is 2. The van der Waals surface area contributed by atoms with Crippen LogP contribution in [0.25, 0.3) is 11.1 Å². The second-order valence-electron chi connectivity index (χ2n) is 12.1. The average Bonchev–Trinajstić information content (AvgIpc) is 3.03. The van der Waals surface area contributed by atoms with Crippen molar-refractivity contribution in [3.05, 3.63) is 118 Å². The predicted molar refractivity (Wildman–Crippen MR) is 162 cm³/mol. The highest BCUT2D eigenvalue weighted by Gasteiger charge is 2.41. The van der Waals surface area contributed by atoms with Crippen LogP contribution >= 0.6 is 0 Å². The molecule has 0 saturated heterocycles. The molecule has 4 aromatic carbocycles. The third-order valence-corrected chi connectivity index (χ3v) is 8.76. The Morgan fingerprint density at radius 1 is 0.667 bits per heavy atom. The van der Waals surface area contributed by atoms with Gasteiger partial charge in [0.2, 0.25) is 0 Å². The van der Waals surface area contributed by atoms with Gasteiger partial charge in [0.25, 0.3) is 0 Å². The number of rotatable bonds is 12. The molecule has 1 saturated carbocycles. The molecule has 1 aliphatic rings. The smallest absolute Gasteiger partial charge is 0.432 e. The quantitative estimate of drug-likeness (QED) is 0.0842. The van der Waals surface area contributed by atoms with Gasteiger partial charge in [0.1, 0.15) is 29.6 Å². The Morgan fingerprint density at radius 3 is 1.81 bits per heavy atom. The van der Waals surface area contributed by atoms with Gasteiger partial charge in [0, 0.05) is 12.1 Å². The molecule has 11 heteroatoms. The first kappa shape index (κ1) is 35.2. The summed E-state index contributed by atoms with van der Waals surface area (Å²) in [5.41, 5.74) is -0.558. The van der Waals surface area contributed by atoms with Crippen molar-refractivity contribution in [1.29, 1.82) is 0 Å². The first-order chi connectivity index (χ1) is 22.9. The predicted octanol–water partition coefficient (Wildman–Crippen LogP) is 11.9. The molecule has 1 fully saturated rings. The molecule has 0 N–H and O–H groups in total. The van der Waals surface area contributed by atoms with Gasteiger partial charge >= 0.3 is 6.11 Å². The van der Waals surface area contributed by atoms with Gasteiger partial charge in [-0.15, -0.1) is 0 Å². The fraction of sp³-hybridized carbons (Fsp3) is 0.351. The number of halogens is 9. The van der Waals surface area contributed by atoms with Gasteiger partial charge in [-0.1, -0.05) is 56.9 Å². The Hall–Kier alpha value is -4.15. The lowest BCUT2D eigenvalue weighted by molar-refractivity contribution is -0.189. The lowest BCUT2D eigenvalue weighted by atomic mass is 9.77. The maximum Gasteiger partial charge on any atom is 0.432 e. The summed E-state index contributed by atoms with van der Waals surface area (Å²) in [7, 11) is 0. The van der Waals surface area contributed by atoms with E-state index in [9.17, 15) is 22.0 Å². The average molecular weight is 681 g/mol. The van der Waals surface area contributed by atoms with Crippen LogP contribution in [0.1, 0.15) is 80.9 Å². The Morgan fingerprint density at radius 2 is 1.25 bits per heavy atom. The van der Waals surface area contributed by atoms with E-state index in [1.54, 1.807) is 12.1 Å². The van der Waals surface area contributed by atoms with Gasteiger partial charge in [-0.3, -0.25) is 0 Å². The summed E-state index contributed by atoms with van der Waals surface area (Å²) in [6.07, 6.45) is 4.68. The van der Waals surface area contributed by atoms with Gasteiger partial charge in [0.15, 0.2) is 34.8 Å². The highest BCUT2D eigenvalue weighted by molar-refractivity contribution is 5.64. The summed E-state index contributed by atoms with van der Waals surface area (Å²) >= 11 is 0. The van der Waals surface area contributed by atoms with E-state index >= 15 is 17.6 Å². The van der Waals surface area contributed by atoms with Crippen molar-refractivity contribution in [3.63, 3.8) is 0 Å². The van der Waals surface area contributed by atoms with Crippen molar-refractivity contribution in [2.45, 2.75) is 76.9 Å². The minimum absolute atomic E-state index is 0.00948. The molecule has 0 heterocycles. The molecule has 0 atom stereocenters. The Labute approximate surface area is 272 Å². The van der Waals surface area contributed by atoms with E-state index in [1.165, 1.54) is 25.7 Å². The van der Waals surface area contributed by atoms with Crippen LogP contribution in [0.15, 0.2) is 60.7 Å². The molecule has 0 aromatic heterocycles. The number of ether oxygens (including phenoxy) is 2. The van der Waals surface area contributed by atoms with E-state index in [0.29, 0.717) is 23.6 Å². The molecular weight excluding hydrogens is 647 g/mol. The number of alkyl halides is 2. The van der Waals surface area contributed by atoms with Gasteiger partial charge in [-0.05, 0) is 84.0 Å². The molecule has 5 rings (SSSR count). The first-order valence-corrected chi connectivity index (χ1v) is 15.8. The molecule has 0 aliphatic heterocycles. The van der Waals surface area contributed by atoms with Crippen molar-refractivity contribution in [2.24, 2.45) is 5.92 Å². The Balaban J connectivity index is 1.25. The SMILES string of the molecule is CCCCCC1CCC(c2ccc(-c3cc(F)c(C(F)(F)Oc4cc(F)c(OCc5cc(F)c(F)c(F)c5)c(F)c4)c(F)c3)cc2)CC1. The van der Waals surface area contributed by atoms with Crippen molar-refractivity contribution >= 4 is 0 Å². The summed E-state index contributed by atoms with van der Waals surface area (Å²) in [5.74, 6) is -12.4. The van der Waals surface area contributed by atoms with Crippen LogP contribution in [-0.4, -0.2) is 0 Å². The Bertz CT molecular complexity index is 1660. The molecule has 0 bridgehead atoms. The zero-order valence-corrected chi connectivity index (χ0v) is 26.0. The molecule has 48 heavy (non-hydrogen) atoms. The van der Waals surface area contributed by atoms with Crippen LogP contribution in [0, 0.1) is 46.6 Å². The minimum Gasteiger partial charge on any atom is -0.483 e. The fourth-order valence-electron chi connectivity index (χ4n) is 6.21. The molecule has 0 amide bonds. The number of benzene rings is 4. The molecule has 0 radical (unpaired) electrons. The van der Waals surface area contributed by atoms with Crippen molar-refractivity contribution in [3.8, 4) is 22.6 Å². The van der Waals surface area contributed by atoms with Crippen LogP contribution in [0.3, 0.4) is 0 Å². The van der Waals surface area contributed by atoms with E-state index in [4.69, 9.17) is 4.74 Å². The van der Waals surface area contributed by atoms with Gasteiger partial charge in [-0.2, -0.15) is 8.78 Å². The zero-order valence-electron chi connectivity index (χ0n) is 26.0.